The van der Waals surface area contributed by atoms with Gasteiger partial charge in [-0.2, -0.15) is 0 Å². The summed E-state index contributed by atoms with van der Waals surface area (Å²) in [6, 6.07) is 1.96. The summed E-state index contributed by atoms with van der Waals surface area (Å²) in [7, 11) is 0. The van der Waals surface area contributed by atoms with Crippen LogP contribution < -0.4 is 0 Å². The first-order valence-electron chi connectivity index (χ1n) is 8.21. The van der Waals surface area contributed by atoms with E-state index in [1.165, 1.54) is 0 Å². The standard InChI is InChI=1S/C16H27N3O3/c1-4-12(3)14-10-15(22-17-14)16(21)19-8-6-18(7-9-19)13(5-2)11-20/h10,12-13,20H,4-9,11H2,1-3H3. The van der Waals surface area contributed by atoms with E-state index in [-0.39, 0.29) is 18.6 Å². The molecule has 22 heavy (non-hydrogen) atoms. The number of piperazine rings is 1. The molecule has 1 amide bonds. The Kier molecular flexibility index (Phi) is 5.97. The maximum Gasteiger partial charge on any atom is 0.292 e. The highest BCUT2D eigenvalue weighted by atomic mass is 16.5. The van der Waals surface area contributed by atoms with Gasteiger partial charge in [0.1, 0.15) is 0 Å². The molecule has 1 fully saturated rings. The van der Waals surface area contributed by atoms with Crippen LogP contribution in [-0.2, 0) is 0 Å². The normalized spacial score (nSPS) is 19.2. The zero-order chi connectivity index (χ0) is 16.1. The van der Waals surface area contributed by atoms with Crippen LogP contribution in [0.4, 0.5) is 0 Å². The average Bonchev–Trinajstić information content (AvgIpc) is 3.05. The van der Waals surface area contributed by atoms with Gasteiger partial charge >= 0.3 is 0 Å². The van der Waals surface area contributed by atoms with E-state index in [2.05, 4.69) is 30.8 Å². The van der Waals surface area contributed by atoms with Crippen LogP contribution in [0.5, 0.6) is 0 Å². The Bertz CT molecular complexity index is 477. The Morgan fingerprint density at radius 2 is 2.00 bits per heavy atom. The highest BCUT2D eigenvalue weighted by Gasteiger charge is 2.27. The van der Waals surface area contributed by atoms with Crippen LogP contribution in [0.15, 0.2) is 10.6 Å². The highest BCUT2D eigenvalue weighted by molar-refractivity contribution is 5.91. The molecule has 0 aliphatic carbocycles. The predicted octanol–water partition coefficient (Wildman–Crippen LogP) is 1.72. The minimum Gasteiger partial charge on any atom is -0.395 e. The van der Waals surface area contributed by atoms with Crippen molar-refractivity contribution in [3.63, 3.8) is 0 Å². The lowest BCUT2D eigenvalue weighted by molar-refractivity contribution is 0.0443. The summed E-state index contributed by atoms with van der Waals surface area (Å²) in [5, 5.41) is 13.4. The molecule has 0 aromatic carbocycles. The minimum atomic E-state index is -0.0845. The largest absolute Gasteiger partial charge is 0.395 e. The highest BCUT2D eigenvalue weighted by Crippen LogP contribution is 2.19. The van der Waals surface area contributed by atoms with Gasteiger partial charge in [-0.1, -0.05) is 25.9 Å². The zero-order valence-corrected chi connectivity index (χ0v) is 13.8. The molecule has 1 N–H and O–H groups in total. The predicted molar refractivity (Wildman–Crippen MR) is 83.9 cm³/mol. The van der Waals surface area contributed by atoms with Gasteiger partial charge in [-0.05, 0) is 12.8 Å². The molecule has 1 aromatic rings. The molecule has 0 bridgehead atoms. The van der Waals surface area contributed by atoms with E-state index in [1.54, 1.807) is 6.07 Å². The third kappa shape index (κ3) is 3.67. The Labute approximate surface area is 132 Å². The third-order valence-electron chi connectivity index (χ3n) is 4.66. The molecule has 6 nitrogen and oxygen atoms in total. The van der Waals surface area contributed by atoms with Crippen LogP contribution in [0.2, 0.25) is 0 Å². The molecule has 1 saturated heterocycles. The number of aliphatic hydroxyl groups excluding tert-OH is 1. The molecule has 6 heteroatoms. The second-order valence-electron chi connectivity index (χ2n) is 6.00. The smallest absolute Gasteiger partial charge is 0.292 e. The fourth-order valence-electron chi connectivity index (χ4n) is 2.78. The first-order chi connectivity index (χ1) is 10.6. The van der Waals surface area contributed by atoms with Gasteiger partial charge in [-0.25, -0.2) is 0 Å². The summed E-state index contributed by atoms with van der Waals surface area (Å²) in [5.74, 6) is 0.550. The average molecular weight is 309 g/mol. The number of amides is 1. The number of hydrogen-bond acceptors (Lipinski definition) is 5. The van der Waals surface area contributed by atoms with Gasteiger partial charge in [-0.15, -0.1) is 0 Å². The lowest BCUT2D eigenvalue weighted by atomic mass is 10.1. The van der Waals surface area contributed by atoms with Crippen molar-refractivity contribution < 1.29 is 14.4 Å². The fraction of sp³-hybridized carbons (Fsp3) is 0.750. The van der Waals surface area contributed by atoms with E-state index < -0.39 is 0 Å². The van der Waals surface area contributed by atoms with Crippen molar-refractivity contribution in [2.75, 3.05) is 32.8 Å². The SMILES string of the molecule is CCC(C)c1cc(C(=O)N2CCN(C(CC)CO)CC2)on1. The van der Waals surface area contributed by atoms with Gasteiger partial charge in [-0.3, -0.25) is 9.69 Å². The van der Waals surface area contributed by atoms with E-state index in [9.17, 15) is 9.90 Å². The monoisotopic (exact) mass is 309 g/mol. The fourth-order valence-corrected chi connectivity index (χ4v) is 2.78. The van der Waals surface area contributed by atoms with Crippen molar-refractivity contribution in [3.8, 4) is 0 Å². The van der Waals surface area contributed by atoms with E-state index in [0.717, 1.165) is 31.6 Å². The summed E-state index contributed by atoms with van der Waals surface area (Å²) in [6.07, 6.45) is 1.89. The maximum atomic E-state index is 12.5. The summed E-state index contributed by atoms with van der Waals surface area (Å²) in [6.45, 7) is 9.31. The second-order valence-corrected chi connectivity index (χ2v) is 6.00. The van der Waals surface area contributed by atoms with Crippen LogP contribution in [0, 0.1) is 0 Å². The molecular formula is C16H27N3O3. The third-order valence-corrected chi connectivity index (χ3v) is 4.66. The molecule has 1 aliphatic rings. The van der Waals surface area contributed by atoms with Crippen LogP contribution in [0.25, 0.3) is 0 Å². The summed E-state index contributed by atoms with van der Waals surface area (Å²) < 4.78 is 5.22. The molecule has 2 rings (SSSR count). The van der Waals surface area contributed by atoms with Crippen LogP contribution in [-0.4, -0.2) is 64.8 Å². The van der Waals surface area contributed by atoms with Crippen molar-refractivity contribution in [1.82, 2.24) is 15.0 Å². The topological polar surface area (TPSA) is 69.8 Å². The van der Waals surface area contributed by atoms with Crippen LogP contribution >= 0.6 is 0 Å². The Morgan fingerprint density at radius 1 is 1.32 bits per heavy atom. The minimum absolute atomic E-state index is 0.0845. The Hall–Kier alpha value is -1.40. The molecule has 1 aromatic heterocycles. The van der Waals surface area contributed by atoms with Gasteiger partial charge in [0.05, 0.1) is 12.3 Å². The number of carbonyl (C=O) groups is 1. The molecule has 124 valence electrons. The van der Waals surface area contributed by atoms with Crippen molar-refractivity contribution in [2.45, 2.75) is 45.6 Å². The van der Waals surface area contributed by atoms with E-state index in [4.69, 9.17) is 4.52 Å². The molecule has 0 radical (unpaired) electrons. The van der Waals surface area contributed by atoms with E-state index in [0.29, 0.717) is 24.8 Å². The van der Waals surface area contributed by atoms with Gasteiger partial charge in [0.15, 0.2) is 0 Å². The summed E-state index contributed by atoms with van der Waals surface area (Å²) >= 11 is 0. The Morgan fingerprint density at radius 3 is 2.55 bits per heavy atom. The van der Waals surface area contributed by atoms with Gasteiger partial charge in [0, 0.05) is 44.2 Å². The number of nitrogens with zero attached hydrogens (tertiary/aromatic N) is 3. The lowest BCUT2D eigenvalue weighted by Crippen LogP contribution is -2.52. The summed E-state index contributed by atoms with van der Waals surface area (Å²) in [4.78, 5) is 16.5. The lowest BCUT2D eigenvalue weighted by Gasteiger charge is -2.38. The van der Waals surface area contributed by atoms with E-state index >= 15 is 0 Å². The van der Waals surface area contributed by atoms with Crippen LogP contribution in [0.3, 0.4) is 0 Å². The Balaban J connectivity index is 1.93. The van der Waals surface area contributed by atoms with Crippen molar-refractivity contribution in [2.24, 2.45) is 0 Å². The van der Waals surface area contributed by atoms with Crippen LogP contribution in [0.1, 0.15) is 55.8 Å². The molecule has 2 atom stereocenters. The number of aromatic nitrogens is 1. The first kappa shape index (κ1) is 17.0. The summed E-state index contributed by atoms with van der Waals surface area (Å²) in [5.41, 5.74) is 0.843. The maximum absolute atomic E-state index is 12.5. The van der Waals surface area contributed by atoms with E-state index in [1.807, 2.05) is 4.90 Å². The molecule has 2 unspecified atom stereocenters. The van der Waals surface area contributed by atoms with Crippen molar-refractivity contribution in [3.05, 3.63) is 17.5 Å². The quantitative estimate of drug-likeness (QED) is 0.866. The number of rotatable bonds is 6. The number of hydrogen-bond donors (Lipinski definition) is 1. The van der Waals surface area contributed by atoms with Crippen molar-refractivity contribution in [1.29, 1.82) is 0 Å². The number of carbonyl (C=O) groups excluding carboxylic acids is 1. The first-order valence-corrected chi connectivity index (χ1v) is 8.21. The van der Waals surface area contributed by atoms with Gasteiger partial charge in [0.2, 0.25) is 5.76 Å². The second kappa shape index (κ2) is 7.74. The zero-order valence-electron chi connectivity index (χ0n) is 13.8. The molecule has 1 aliphatic heterocycles. The molecule has 0 saturated carbocycles. The number of aliphatic hydroxyl groups is 1. The molecular weight excluding hydrogens is 282 g/mol. The van der Waals surface area contributed by atoms with Gasteiger partial charge in [0.25, 0.3) is 5.91 Å². The molecule has 2 heterocycles. The molecule has 0 spiro atoms. The van der Waals surface area contributed by atoms with Crippen molar-refractivity contribution >= 4 is 5.91 Å². The van der Waals surface area contributed by atoms with Gasteiger partial charge < -0.3 is 14.5 Å².